The zero-order chi connectivity index (χ0) is 70.8. The van der Waals surface area contributed by atoms with E-state index in [0.29, 0.717) is 42.7 Å². The maximum Gasteiger partial charge on any atom is 0.414 e. The van der Waals surface area contributed by atoms with Gasteiger partial charge < -0.3 is 18.9 Å². The van der Waals surface area contributed by atoms with Gasteiger partial charge in [-0.25, -0.2) is 29.2 Å². The van der Waals surface area contributed by atoms with Gasteiger partial charge >= 0.3 is 24.4 Å². The minimum atomic E-state index is -0.705. The lowest BCUT2D eigenvalue weighted by atomic mass is 10.0. The van der Waals surface area contributed by atoms with E-state index in [0.717, 1.165) is 124 Å². The van der Waals surface area contributed by atoms with Gasteiger partial charge in [-0.1, -0.05) is 136 Å². The van der Waals surface area contributed by atoms with Crippen LogP contribution in [0.3, 0.4) is 0 Å². The van der Waals surface area contributed by atoms with E-state index in [-0.39, 0.29) is 0 Å². The SMILES string of the molecule is CC.CC.CC(C)(C)C.CC1=CC(=Nc2cc(C)c(N(CCCCCCCCCN(C(=O)OC(C)(C)C)c3ccc(N=C4C=C(C)C(NC(=O)OC(C)(C)C)=CC4)c([NH2+]c4ccccc4)c3C)C(=O)OC(C)(C)C)cc2[NH2+]c2ccccc2)CC=C1NC(=O)OC(C)(C)C. The molecule has 6 N–H and O–H groups in total. The number of aliphatic imine (C=N–C) groups is 2. The number of aryl methyl sites for hydroxylation is 1. The van der Waals surface area contributed by atoms with Crippen LogP contribution in [0.2, 0.25) is 0 Å². The van der Waals surface area contributed by atoms with Crippen LogP contribution in [0.4, 0.5) is 64.7 Å². The molecule has 0 heterocycles. The molecule has 0 radical (unpaired) electrons. The Morgan fingerprint density at radius 2 is 0.840 bits per heavy atom. The van der Waals surface area contributed by atoms with Gasteiger partial charge in [0.05, 0.1) is 11.4 Å². The van der Waals surface area contributed by atoms with Crippen molar-refractivity contribution >= 4 is 81.3 Å². The number of hydrogen-bond acceptors (Lipinski definition) is 10. The van der Waals surface area contributed by atoms with Gasteiger partial charge in [0, 0.05) is 60.4 Å². The number of ether oxygens (including phenoxy) is 4. The van der Waals surface area contributed by atoms with Crippen molar-refractivity contribution in [3.8, 4) is 0 Å². The Bertz CT molecular complexity index is 3180. The van der Waals surface area contributed by atoms with E-state index >= 15 is 0 Å². The van der Waals surface area contributed by atoms with E-state index in [1.807, 2.05) is 248 Å². The number of allylic oxidation sites excluding steroid dienone is 6. The highest BCUT2D eigenvalue weighted by atomic mass is 16.6. The monoisotopic (exact) mass is 1290 g/mol. The third-order valence-corrected chi connectivity index (χ3v) is 13.6. The number of rotatable bonds is 20. The highest BCUT2D eigenvalue weighted by Crippen LogP contribution is 2.37. The molecule has 0 unspecified atom stereocenters. The number of para-hydroxylation sites is 2. The predicted molar refractivity (Wildman–Crippen MR) is 391 cm³/mol. The first-order chi connectivity index (χ1) is 43.9. The predicted octanol–water partition coefficient (Wildman–Crippen LogP) is 20.0. The van der Waals surface area contributed by atoms with Gasteiger partial charge in [-0.05, 0) is 200 Å². The average Bonchev–Trinajstić information content (AvgIpc) is 0.802. The maximum absolute atomic E-state index is 14.2. The fourth-order valence-corrected chi connectivity index (χ4v) is 9.70. The number of alkyl carbamates (subject to hydrolysis) is 2. The second kappa shape index (κ2) is 37.3. The van der Waals surface area contributed by atoms with Gasteiger partial charge in [0.15, 0.2) is 11.4 Å². The zero-order valence-corrected chi connectivity index (χ0v) is 61.9. The van der Waals surface area contributed by atoms with Crippen LogP contribution in [0.1, 0.15) is 221 Å². The number of benzene rings is 4. The minimum absolute atomic E-state index is 0.405. The van der Waals surface area contributed by atoms with Crippen LogP contribution >= 0.6 is 0 Å². The molecule has 0 saturated heterocycles. The highest BCUT2D eigenvalue weighted by Gasteiger charge is 2.30. The van der Waals surface area contributed by atoms with Crippen LogP contribution in [0.15, 0.2) is 142 Å². The molecular formula is C78H118N8O8+2. The molecule has 94 heavy (non-hydrogen) atoms. The quantitative estimate of drug-likeness (QED) is 0.0381. The number of hydrogen-bond donors (Lipinski definition) is 4. The van der Waals surface area contributed by atoms with Crippen LogP contribution in [-0.2, 0) is 18.9 Å². The van der Waals surface area contributed by atoms with Crippen LogP contribution in [-0.4, -0.2) is 71.3 Å². The molecule has 0 atom stereocenters. The van der Waals surface area contributed by atoms with Gasteiger partial charge in [-0.3, -0.25) is 31.1 Å². The van der Waals surface area contributed by atoms with Crippen LogP contribution in [0, 0.1) is 19.3 Å². The van der Waals surface area contributed by atoms with Gasteiger partial charge in [0.1, 0.15) is 45.2 Å². The molecule has 2 aliphatic rings. The van der Waals surface area contributed by atoms with Crippen molar-refractivity contribution in [2.75, 3.05) is 22.9 Å². The summed E-state index contributed by atoms with van der Waals surface area (Å²) in [6, 6.07) is 28.2. The minimum Gasteiger partial charge on any atom is -0.444 e. The molecule has 516 valence electrons. The molecule has 0 bridgehead atoms. The topological polar surface area (TPSA) is 194 Å². The number of nitrogens with one attached hydrogen (secondary N) is 2. The maximum atomic E-state index is 14.2. The van der Waals surface area contributed by atoms with Crippen molar-refractivity contribution in [2.45, 2.75) is 246 Å². The number of carbonyl (C=O) groups excluding carboxylic acids is 4. The van der Waals surface area contributed by atoms with Crippen molar-refractivity contribution in [3.63, 3.8) is 0 Å². The van der Waals surface area contributed by atoms with E-state index in [1.165, 1.54) is 0 Å². The first-order valence-corrected chi connectivity index (χ1v) is 33.9. The van der Waals surface area contributed by atoms with E-state index in [1.54, 1.807) is 9.80 Å². The lowest BCUT2D eigenvalue weighted by molar-refractivity contribution is -0.478. The van der Waals surface area contributed by atoms with E-state index < -0.39 is 46.8 Å². The third kappa shape index (κ3) is 30.1. The molecule has 0 aliphatic heterocycles. The summed E-state index contributed by atoms with van der Waals surface area (Å²) in [7, 11) is 0. The Labute approximate surface area is 565 Å². The normalized spacial score (nSPS) is 14.2. The lowest BCUT2D eigenvalue weighted by Crippen LogP contribution is -2.71. The molecule has 0 saturated carbocycles. The van der Waals surface area contributed by atoms with Crippen LogP contribution in [0.5, 0.6) is 0 Å². The van der Waals surface area contributed by atoms with Crippen molar-refractivity contribution in [3.05, 3.63) is 143 Å². The Morgan fingerprint density at radius 1 is 0.468 bits per heavy atom. The molecular weight excluding hydrogens is 1180 g/mol. The summed E-state index contributed by atoms with van der Waals surface area (Å²) < 4.78 is 23.1. The molecule has 0 spiro atoms. The number of amides is 4. The van der Waals surface area contributed by atoms with Crippen molar-refractivity contribution < 1.29 is 48.8 Å². The summed E-state index contributed by atoms with van der Waals surface area (Å²) in [5.74, 6) is 0. The molecule has 4 aromatic carbocycles. The molecule has 4 amide bonds. The first kappa shape index (κ1) is 80.4. The van der Waals surface area contributed by atoms with Crippen molar-refractivity contribution in [1.29, 1.82) is 0 Å². The summed E-state index contributed by atoms with van der Waals surface area (Å²) in [4.78, 5) is 67.4. The number of nitrogens with zero attached hydrogens (tertiary/aromatic N) is 4. The zero-order valence-electron chi connectivity index (χ0n) is 61.9. The third-order valence-electron chi connectivity index (χ3n) is 13.6. The van der Waals surface area contributed by atoms with E-state index in [9.17, 15) is 19.2 Å². The molecule has 0 fully saturated rings. The molecule has 16 heteroatoms. The van der Waals surface area contributed by atoms with Crippen LogP contribution < -0.4 is 31.1 Å². The molecule has 0 aromatic heterocycles. The largest absolute Gasteiger partial charge is 0.444 e. The number of unbranched alkanes of at least 4 members (excludes halogenated alkanes) is 6. The molecule has 2 aliphatic carbocycles. The standard InChI is InChI=1S/C69H92N8O8.C5H12.2C2H6/c1-46-42-52(34-36-54(46)74-62(78)82-66(5,6)7)71-56-38-39-59(49(4)61(56)73-51-32-26-23-27-33-51)76(64(80)84-68(11,12)13)40-28-20-18-17-19-21-29-41-77(65(81)85-69(14,15)16)60-45-58(70-50-30-24-22-25-31-50)57(44-48(60)3)72-53-35-37-55(47(2)43-53)75-63(79)83-67(8,9)10;1-5(2,3)4;2*1-2/h22-27,30-33,36-39,42-45,70,73H,17-21,28-29,34-35,40-41H2,1-16H3,(H,74,78)(H,75,79);1-4H3;2*1-2H3/p+2. The Kier molecular flexibility index (Phi) is 31.9. The molecule has 4 aromatic rings. The Balaban J connectivity index is 0.00000242. The average molecular weight is 1300 g/mol. The summed E-state index contributed by atoms with van der Waals surface area (Å²) in [5.41, 5.74) is 11.2. The number of quaternary nitrogens is 2. The van der Waals surface area contributed by atoms with E-state index in [4.69, 9.17) is 28.9 Å². The molecule has 6 rings (SSSR count). The summed E-state index contributed by atoms with van der Waals surface area (Å²) >= 11 is 0. The summed E-state index contributed by atoms with van der Waals surface area (Å²) in [6.07, 6.45) is 13.4. The van der Waals surface area contributed by atoms with Crippen molar-refractivity contribution in [1.82, 2.24) is 10.6 Å². The van der Waals surface area contributed by atoms with Crippen LogP contribution in [0.25, 0.3) is 0 Å². The van der Waals surface area contributed by atoms with Crippen molar-refractivity contribution in [2.24, 2.45) is 15.4 Å². The van der Waals surface area contributed by atoms with E-state index in [2.05, 4.69) is 49.0 Å². The number of carbonyl (C=O) groups is 4. The second-order valence-electron chi connectivity index (χ2n) is 28.9. The second-order valence-corrected chi connectivity index (χ2v) is 28.9. The number of nitrogens with two attached hydrogens (primary N) is 2. The van der Waals surface area contributed by atoms with Gasteiger partial charge in [-0.15, -0.1) is 0 Å². The summed E-state index contributed by atoms with van der Waals surface area (Å²) in [5, 5.41) is 9.96. The number of anilines is 2. The first-order valence-electron chi connectivity index (χ1n) is 33.9. The fraction of sp³-hybridized carbons (Fsp3) is 0.513. The van der Waals surface area contributed by atoms with Gasteiger partial charge in [0.25, 0.3) is 0 Å². The summed E-state index contributed by atoms with van der Waals surface area (Å²) in [6.45, 7) is 47.9. The Hall–Kier alpha value is -7.82. The fourth-order valence-electron chi connectivity index (χ4n) is 9.70. The van der Waals surface area contributed by atoms with Gasteiger partial charge in [0.2, 0.25) is 0 Å². The smallest absolute Gasteiger partial charge is 0.414 e. The lowest BCUT2D eigenvalue weighted by Gasteiger charge is -2.29. The van der Waals surface area contributed by atoms with Gasteiger partial charge in [-0.2, -0.15) is 0 Å². The highest BCUT2D eigenvalue weighted by molar-refractivity contribution is 6.02. The Morgan fingerprint density at radius 3 is 1.23 bits per heavy atom. The molecule has 16 nitrogen and oxygen atoms in total.